The lowest BCUT2D eigenvalue weighted by Gasteiger charge is -2.41. The van der Waals surface area contributed by atoms with E-state index in [1.807, 2.05) is 0 Å². The van der Waals surface area contributed by atoms with Crippen LogP contribution in [0.5, 0.6) is 17.2 Å². The highest BCUT2D eigenvalue weighted by Gasteiger charge is 2.47. The number of carbonyl (C=O) groups excluding carboxylic acids is 1. The molecule has 2 aliphatic heterocycles. The third-order valence-electron chi connectivity index (χ3n) is 7.31. The molecule has 3 rings (SSSR count). The van der Waals surface area contributed by atoms with Gasteiger partial charge in [0.05, 0.1) is 13.2 Å². The van der Waals surface area contributed by atoms with Gasteiger partial charge in [-0.25, -0.2) is 0 Å². The first kappa shape index (κ1) is 31.4. The molecule has 14 nitrogen and oxygen atoms in total. The van der Waals surface area contributed by atoms with Crippen LogP contribution in [0.15, 0.2) is 0 Å². The van der Waals surface area contributed by atoms with Crippen LogP contribution in [0.1, 0.15) is 41.8 Å². The maximum Gasteiger partial charge on any atom is 0.229 e. The van der Waals surface area contributed by atoms with Crippen LogP contribution < -0.4 is 9.47 Å². The number of hydrogen-bond donors (Lipinski definition) is 9. The van der Waals surface area contributed by atoms with Crippen LogP contribution in [-0.4, -0.2) is 126 Å². The first-order valence-corrected chi connectivity index (χ1v) is 12.6. The summed E-state index contributed by atoms with van der Waals surface area (Å²) in [6.45, 7) is 4.79. The van der Waals surface area contributed by atoms with E-state index in [-0.39, 0.29) is 28.2 Å². The molecule has 39 heavy (non-hydrogen) atoms. The molecule has 1 aromatic carbocycles. The van der Waals surface area contributed by atoms with Gasteiger partial charge in [0.15, 0.2) is 5.78 Å². The minimum absolute atomic E-state index is 0.0252. The molecule has 0 amide bonds. The molecule has 1 aromatic rings. The van der Waals surface area contributed by atoms with E-state index in [0.717, 1.165) is 0 Å². The van der Waals surface area contributed by atoms with Crippen molar-refractivity contribution in [2.75, 3.05) is 13.2 Å². The molecular formula is C25H38O14. The maximum atomic E-state index is 13.3. The summed E-state index contributed by atoms with van der Waals surface area (Å²) in [5.41, 5.74) is -0.194. The monoisotopic (exact) mass is 562 g/mol. The lowest BCUT2D eigenvalue weighted by Crippen LogP contribution is -2.60. The Kier molecular flexibility index (Phi) is 10.1. The molecule has 0 bridgehead atoms. The zero-order valence-electron chi connectivity index (χ0n) is 22.0. The Hall–Kier alpha value is -2.11. The smallest absolute Gasteiger partial charge is 0.229 e. The molecule has 14 heteroatoms. The van der Waals surface area contributed by atoms with Gasteiger partial charge in [0, 0.05) is 17.0 Å². The van der Waals surface area contributed by atoms with E-state index in [1.54, 1.807) is 13.8 Å². The van der Waals surface area contributed by atoms with E-state index in [4.69, 9.17) is 18.9 Å². The number of Topliss-reactive ketones (excluding diaryl/α,β-unsaturated/α-hetero) is 1. The second-order valence-electron chi connectivity index (χ2n) is 9.94. The summed E-state index contributed by atoms with van der Waals surface area (Å²) in [6, 6.07) is 0. The van der Waals surface area contributed by atoms with Gasteiger partial charge >= 0.3 is 0 Å². The van der Waals surface area contributed by atoms with Gasteiger partial charge in [-0.2, -0.15) is 0 Å². The van der Waals surface area contributed by atoms with Gasteiger partial charge in [0.1, 0.15) is 71.6 Å². The predicted octanol–water partition coefficient (Wildman–Crippen LogP) is -2.40. The molecule has 0 aromatic heterocycles. The summed E-state index contributed by atoms with van der Waals surface area (Å²) < 4.78 is 22.4. The first-order valence-electron chi connectivity index (χ1n) is 12.6. The van der Waals surface area contributed by atoms with Crippen molar-refractivity contribution in [3.63, 3.8) is 0 Å². The van der Waals surface area contributed by atoms with Gasteiger partial charge in [-0.1, -0.05) is 13.8 Å². The number of aromatic hydroxyl groups is 1. The number of benzene rings is 1. The van der Waals surface area contributed by atoms with Crippen LogP contribution >= 0.6 is 0 Å². The molecule has 222 valence electrons. The second-order valence-corrected chi connectivity index (χ2v) is 9.94. The summed E-state index contributed by atoms with van der Waals surface area (Å²) in [5.74, 6) is -2.14. The molecule has 2 aliphatic rings. The molecule has 2 saturated heterocycles. The number of carbonyl (C=O) groups is 1. The van der Waals surface area contributed by atoms with E-state index in [9.17, 15) is 50.8 Å². The molecule has 0 spiro atoms. The number of phenols is 1. The number of aliphatic hydroxyl groups excluding tert-OH is 8. The van der Waals surface area contributed by atoms with Crippen molar-refractivity contribution in [2.24, 2.45) is 5.92 Å². The standard InChI is InChI=1S/C25H38O14/c1-5-8(2)14(28)13-15(29)9(3)22(38-24-20(34)18(32)16(30)11(6-26)36-24)10(4)23(13)39-25-21(35)19(33)17(31)12(7-27)37-25/h8,11-12,16-21,24-27,29-35H,5-7H2,1-4H3/t8-,11-,12-,16-,17-,18+,19+,20-,21-,24+,25+/m1/s1. The number of ether oxygens (including phenoxy) is 4. The summed E-state index contributed by atoms with van der Waals surface area (Å²) in [6.07, 6.45) is -16.0. The molecule has 0 saturated carbocycles. The van der Waals surface area contributed by atoms with Crippen molar-refractivity contribution in [2.45, 2.75) is 95.5 Å². The van der Waals surface area contributed by atoms with Gasteiger partial charge in [-0.05, 0) is 20.3 Å². The summed E-state index contributed by atoms with van der Waals surface area (Å²) in [7, 11) is 0. The Morgan fingerprint density at radius 3 is 1.62 bits per heavy atom. The zero-order valence-corrected chi connectivity index (χ0v) is 22.0. The van der Waals surface area contributed by atoms with Gasteiger partial charge in [0.25, 0.3) is 0 Å². The van der Waals surface area contributed by atoms with E-state index in [1.165, 1.54) is 13.8 Å². The van der Waals surface area contributed by atoms with Crippen LogP contribution in [-0.2, 0) is 9.47 Å². The first-order chi connectivity index (χ1) is 18.3. The number of ketones is 1. The minimum Gasteiger partial charge on any atom is -0.507 e. The van der Waals surface area contributed by atoms with Gasteiger partial charge in [-0.3, -0.25) is 4.79 Å². The normalized spacial score (nSPS) is 35.9. The fraction of sp³-hybridized carbons (Fsp3) is 0.720. The maximum absolute atomic E-state index is 13.3. The minimum atomic E-state index is -1.83. The van der Waals surface area contributed by atoms with Crippen LogP contribution in [0.2, 0.25) is 0 Å². The highest BCUT2D eigenvalue weighted by Crippen LogP contribution is 2.45. The Morgan fingerprint density at radius 1 is 0.769 bits per heavy atom. The van der Waals surface area contributed by atoms with Gasteiger partial charge in [-0.15, -0.1) is 0 Å². The average Bonchev–Trinajstić information content (AvgIpc) is 2.93. The van der Waals surface area contributed by atoms with Crippen molar-refractivity contribution in [3.05, 3.63) is 16.7 Å². The fourth-order valence-corrected chi connectivity index (χ4v) is 4.52. The van der Waals surface area contributed by atoms with E-state index in [0.29, 0.717) is 6.42 Å². The van der Waals surface area contributed by atoms with E-state index >= 15 is 0 Å². The van der Waals surface area contributed by atoms with Gasteiger partial charge < -0.3 is 64.9 Å². The highest BCUT2D eigenvalue weighted by atomic mass is 16.7. The fourth-order valence-electron chi connectivity index (χ4n) is 4.52. The third-order valence-corrected chi connectivity index (χ3v) is 7.31. The van der Waals surface area contributed by atoms with Gasteiger partial charge in [0.2, 0.25) is 12.6 Å². The van der Waals surface area contributed by atoms with Crippen molar-refractivity contribution < 1.29 is 69.7 Å². The second kappa shape index (κ2) is 12.6. The predicted molar refractivity (Wildman–Crippen MR) is 130 cm³/mol. The van der Waals surface area contributed by atoms with Crippen LogP contribution in [0.4, 0.5) is 0 Å². The molecule has 2 fully saturated rings. The molecule has 9 N–H and O–H groups in total. The van der Waals surface area contributed by atoms with Crippen LogP contribution in [0.3, 0.4) is 0 Å². The summed E-state index contributed by atoms with van der Waals surface area (Å²) in [5, 5.41) is 91.6. The molecule has 2 heterocycles. The topological polar surface area (TPSA) is 236 Å². The zero-order chi connectivity index (χ0) is 29.3. The molecule has 0 aliphatic carbocycles. The van der Waals surface area contributed by atoms with Crippen molar-refractivity contribution in [3.8, 4) is 17.2 Å². The molecular weight excluding hydrogens is 524 g/mol. The number of aliphatic hydroxyl groups is 8. The number of hydrogen-bond acceptors (Lipinski definition) is 14. The Balaban J connectivity index is 2.10. The molecule has 11 atom stereocenters. The van der Waals surface area contributed by atoms with Crippen LogP contribution in [0, 0.1) is 19.8 Å². The SMILES string of the molecule is CC[C@@H](C)C(=O)c1c(O)c(C)c(O[C@@H]2O[C@H](CO)[C@@H](O)[C@H](O)[C@H]2O)c(C)c1O[C@@H]1O[C@H](CO)[C@@H](O)[C@H](O)[C@H]1O. The Bertz CT molecular complexity index is 1010. The van der Waals surface area contributed by atoms with Crippen molar-refractivity contribution in [1.82, 2.24) is 0 Å². The molecule has 0 unspecified atom stereocenters. The quantitative estimate of drug-likeness (QED) is 0.143. The summed E-state index contributed by atoms with van der Waals surface area (Å²) in [4.78, 5) is 13.3. The van der Waals surface area contributed by atoms with Crippen molar-refractivity contribution in [1.29, 1.82) is 0 Å². The molecule has 0 radical (unpaired) electrons. The number of rotatable bonds is 9. The largest absolute Gasteiger partial charge is 0.507 e. The van der Waals surface area contributed by atoms with Crippen molar-refractivity contribution >= 4 is 5.78 Å². The number of phenolic OH excluding ortho intramolecular Hbond substituents is 1. The Morgan fingerprint density at radius 2 is 1.21 bits per heavy atom. The summed E-state index contributed by atoms with van der Waals surface area (Å²) >= 11 is 0. The van der Waals surface area contributed by atoms with E-state index in [2.05, 4.69) is 0 Å². The highest BCUT2D eigenvalue weighted by molar-refractivity contribution is 6.03. The lowest BCUT2D eigenvalue weighted by molar-refractivity contribution is -0.279. The van der Waals surface area contributed by atoms with Crippen LogP contribution in [0.25, 0.3) is 0 Å². The Labute approximate surface area is 224 Å². The third kappa shape index (κ3) is 5.86. The van der Waals surface area contributed by atoms with E-state index < -0.39 is 92.1 Å². The lowest BCUT2D eigenvalue weighted by atomic mass is 9.91. The average molecular weight is 563 g/mol.